The highest BCUT2D eigenvalue weighted by atomic mass is 32.1. The molecule has 0 radical (unpaired) electrons. The molecular formula is C9H14N2S. The van der Waals surface area contributed by atoms with Gasteiger partial charge in [-0.2, -0.15) is 0 Å². The molecule has 1 heterocycles. The predicted octanol–water partition coefficient (Wildman–Crippen LogP) is 1.33. The Morgan fingerprint density at radius 1 is 1.58 bits per heavy atom. The third kappa shape index (κ3) is 1.86. The number of rotatable bonds is 3. The van der Waals surface area contributed by atoms with E-state index in [2.05, 4.69) is 22.8 Å². The molecule has 66 valence electrons. The molecule has 0 spiro atoms. The van der Waals surface area contributed by atoms with Gasteiger partial charge < -0.3 is 11.1 Å². The molecule has 0 aromatic carbocycles. The SMILES string of the molecule is NC1CC(NCc2cccs2)C1. The molecule has 0 amide bonds. The van der Waals surface area contributed by atoms with Crippen molar-refractivity contribution in [3.63, 3.8) is 0 Å². The van der Waals surface area contributed by atoms with E-state index in [-0.39, 0.29) is 0 Å². The Morgan fingerprint density at radius 2 is 2.42 bits per heavy atom. The van der Waals surface area contributed by atoms with Crippen LogP contribution in [0, 0.1) is 0 Å². The molecule has 1 fully saturated rings. The molecule has 0 aliphatic heterocycles. The molecule has 0 saturated heterocycles. The number of thiophene rings is 1. The van der Waals surface area contributed by atoms with Crippen LogP contribution in [0.3, 0.4) is 0 Å². The molecule has 3 heteroatoms. The molecule has 2 rings (SSSR count). The van der Waals surface area contributed by atoms with Crippen molar-refractivity contribution in [1.82, 2.24) is 5.32 Å². The van der Waals surface area contributed by atoms with Crippen LogP contribution in [0.5, 0.6) is 0 Å². The lowest BCUT2D eigenvalue weighted by Gasteiger charge is -2.33. The first-order valence-corrected chi connectivity index (χ1v) is 5.24. The Balaban J connectivity index is 1.70. The highest BCUT2D eigenvalue weighted by Crippen LogP contribution is 2.18. The summed E-state index contributed by atoms with van der Waals surface area (Å²) in [7, 11) is 0. The van der Waals surface area contributed by atoms with Gasteiger partial charge >= 0.3 is 0 Å². The molecule has 1 aromatic heterocycles. The maximum absolute atomic E-state index is 5.68. The molecular weight excluding hydrogens is 168 g/mol. The van der Waals surface area contributed by atoms with Gasteiger partial charge in [0.15, 0.2) is 0 Å². The van der Waals surface area contributed by atoms with Crippen LogP contribution in [0.1, 0.15) is 17.7 Å². The molecule has 2 nitrogen and oxygen atoms in total. The van der Waals surface area contributed by atoms with Crippen LogP contribution in [0.15, 0.2) is 17.5 Å². The largest absolute Gasteiger partial charge is 0.328 e. The smallest absolute Gasteiger partial charge is 0.0302 e. The highest BCUT2D eigenvalue weighted by Gasteiger charge is 2.24. The summed E-state index contributed by atoms with van der Waals surface area (Å²) >= 11 is 1.81. The summed E-state index contributed by atoms with van der Waals surface area (Å²) in [5.41, 5.74) is 5.68. The van der Waals surface area contributed by atoms with Crippen molar-refractivity contribution < 1.29 is 0 Å². The van der Waals surface area contributed by atoms with Crippen molar-refractivity contribution in [2.24, 2.45) is 5.73 Å². The molecule has 1 aliphatic carbocycles. The van der Waals surface area contributed by atoms with Crippen LogP contribution < -0.4 is 11.1 Å². The standard InChI is InChI=1S/C9H14N2S/c10-7-4-8(5-7)11-6-9-2-1-3-12-9/h1-3,7-8,11H,4-6,10H2. The van der Waals surface area contributed by atoms with Crippen LogP contribution in [0.25, 0.3) is 0 Å². The third-order valence-electron chi connectivity index (χ3n) is 2.32. The van der Waals surface area contributed by atoms with Gasteiger partial charge in [0.1, 0.15) is 0 Å². The quantitative estimate of drug-likeness (QED) is 0.740. The Kier molecular flexibility index (Phi) is 2.44. The molecule has 0 bridgehead atoms. The minimum absolute atomic E-state index is 0.450. The summed E-state index contributed by atoms with van der Waals surface area (Å²) in [6, 6.07) is 5.37. The lowest BCUT2D eigenvalue weighted by molar-refractivity contribution is 0.291. The monoisotopic (exact) mass is 182 g/mol. The van der Waals surface area contributed by atoms with Gasteiger partial charge in [0.2, 0.25) is 0 Å². The fourth-order valence-electron chi connectivity index (χ4n) is 1.49. The first-order chi connectivity index (χ1) is 5.84. The van der Waals surface area contributed by atoms with Crippen molar-refractivity contribution in [3.05, 3.63) is 22.4 Å². The number of hydrogen-bond acceptors (Lipinski definition) is 3. The minimum atomic E-state index is 0.450. The molecule has 1 aliphatic rings. The second kappa shape index (κ2) is 3.56. The van der Waals surface area contributed by atoms with Crippen molar-refractivity contribution in [3.8, 4) is 0 Å². The second-order valence-corrected chi connectivity index (χ2v) is 4.42. The van der Waals surface area contributed by atoms with E-state index in [0.717, 1.165) is 19.4 Å². The van der Waals surface area contributed by atoms with E-state index < -0.39 is 0 Å². The zero-order valence-electron chi connectivity index (χ0n) is 6.99. The van der Waals surface area contributed by atoms with Crippen molar-refractivity contribution in [2.75, 3.05) is 0 Å². The van der Waals surface area contributed by atoms with E-state index in [1.54, 1.807) is 11.3 Å². The molecule has 1 aromatic rings. The van der Waals surface area contributed by atoms with Gasteiger partial charge in [0.25, 0.3) is 0 Å². The van der Waals surface area contributed by atoms with E-state index in [9.17, 15) is 0 Å². The minimum Gasteiger partial charge on any atom is -0.328 e. The van der Waals surface area contributed by atoms with E-state index in [4.69, 9.17) is 5.73 Å². The van der Waals surface area contributed by atoms with E-state index in [1.807, 2.05) is 0 Å². The van der Waals surface area contributed by atoms with Gasteiger partial charge in [-0.15, -0.1) is 11.3 Å². The average Bonchev–Trinajstić information content (AvgIpc) is 2.47. The molecule has 0 atom stereocenters. The van der Waals surface area contributed by atoms with Crippen LogP contribution in [0.2, 0.25) is 0 Å². The Morgan fingerprint density at radius 3 is 3.00 bits per heavy atom. The average molecular weight is 182 g/mol. The Bertz CT molecular complexity index is 227. The normalized spacial score (nSPS) is 28.4. The third-order valence-corrected chi connectivity index (χ3v) is 3.20. The summed E-state index contributed by atoms with van der Waals surface area (Å²) < 4.78 is 0. The van der Waals surface area contributed by atoms with Crippen LogP contribution in [-0.2, 0) is 6.54 Å². The fraction of sp³-hybridized carbons (Fsp3) is 0.556. The zero-order valence-corrected chi connectivity index (χ0v) is 7.81. The number of nitrogens with two attached hydrogens (primary N) is 1. The maximum Gasteiger partial charge on any atom is 0.0302 e. The van der Waals surface area contributed by atoms with Crippen molar-refractivity contribution in [1.29, 1.82) is 0 Å². The van der Waals surface area contributed by atoms with Gasteiger partial charge in [0.05, 0.1) is 0 Å². The highest BCUT2D eigenvalue weighted by molar-refractivity contribution is 7.09. The zero-order chi connectivity index (χ0) is 8.39. The van der Waals surface area contributed by atoms with Crippen molar-refractivity contribution >= 4 is 11.3 Å². The topological polar surface area (TPSA) is 38.0 Å². The number of hydrogen-bond donors (Lipinski definition) is 2. The van der Waals surface area contributed by atoms with Gasteiger partial charge in [-0.3, -0.25) is 0 Å². The molecule has 3 N–H and O–H groups in total. The molecule has 0 unspecified atom stereocenters. The van der Waals surface area contributed by atoms with E-state index in [0.29, 0.717) is 12.1 Å². The number of nitrogens with one attached hydrogen (secondary N) is 1. The lowest BCUT2D eigenvalue weighted by Crippen LogP contribution is -2.47. The van der Waals surface area contributed by atoms with Gasteiger partial charge in [-0.1, -0.05) is 6.07 Å². The summed E-state index contributed by atoms with van der Waals surface area (Å²) in [6.45, 7) is 1.01. The summed E-state index contributed by atoms with van der Waals surface area (Å²) in [5.74, 6) is 0. The Labute approximate surface area is 76.8 Å². The van der Waals surface area contributed by atoms with Crippen LogP contribution in [-0.4, -0.2) is 12.1 Å². The Hall–Kier alpha value is -0.380. The lowest BCUT2D eigenvalue weighted by atomic mass is 9.88. The van der Waals surface area contributed by atoms with Crippen LogP contribution >= 0.6 is 11.3 Å². The molecule has 12 heavy (non-hydrogen) atoms. The van der Waals surface area contributed by atoms with E-state index in [1.165, 1.54) is 4.88 Å². The van der Waals surface area contributed by atoms with Gasteiger partial charge in [-0.05, 0) is 24.3 Å². The fourth-order valence-corrected chi connectivity index (χ4v) is 2.14. The predicted molar refractivity (Wildman–Crippen MR) is 52.2 cm³/mol. The second-order valence-electron chi connectivity index (χ2n) is 3.39. The van der Waals surface area contributed by atoms with Gasteiger partial charge in [0, 0.05) is 23.5 Å². The van der Waals surface area contributed by atoms with E-state index >= 15 is 0 Å². The van der Waals surface area contributed by atoms with Crippen molar-refractivity contribution in [2.45, 2.75) is 31.5 Å². The van der Waals surface area contributed by atoms with Gasteiger partial charge in [-0.25, -0.2) is 0 Å². The first-order valence-electron chi connectivity index (χ1n) is 4.36. The van der Waals surface area contributed by atoms with Crippen LogP contribution in [0.4, 0.5) is 0 Å². The summed E-state index contributed by atoms with van der Waals surface area (Å²) in [6.07, 6.45) is 2.29. The molecule has 1 saturated carbocycles. The first kappa shape index (κ1) is 8.23. The maximum atomic E-state index is 5.68. The summed E-state index contributed by atoms with van der Waals surface area (Å²) in [4.78, 5) is 1.41. The summed E-state index contributed by atoms with van der Waals surface area (Å²) in [5, 5.41) is 5.60.